The number of ether oxygens (including phenoxy) is 2. The van der Waals surface area contributed by atoms with E-state index in [-0.39, 0.29) is 43.4 Å². The van der Waals surface area contributed by atoms with Crippen molar-refractivity contribution in [3.63, 3.8) is 0 Å². The van der Waals surface area contributed by atoms with Crippen molar-refractivity contribution in [1.82, 2.24) is 9.21 Å². The van der Waals surface area contributed by atoms with Crippen LogP contribution in [0.2, 0.25) is 0 Å². The highest BCUT2D eigenvalue weighted by molar-refractivity contribution is 7.89. The number of halogens is 1. The van der Waals surface area contributed by atoms with Crippen LogP contribution in [0.25, 0.3) is 0 Å². The van der Waals surface area contributed by atoms with Gasteiger partial charge in [-0.05, 0) is 29.8 Å². The van der Waals surface area contributed by atoms with E-state index in [0.717, 1.165) is 11.6 Å². The Bertz CT molecular complexity index is 988. The molecule has 0 saturated carbocycles. The van der Waals surface area contributed by atoms with Gasteiger partial charge in [0, 0.05) is 26.2 Å². The SMILES string of the molecule is COc1ccc(CC(=O)N2CCN(S(=O)(=O)c3ccccc3F)CC2)cc1OC. The van der Waals surface area contributed by atoms with Gasteiger partial charge in [0.15, 0.2) is 11.5 Å². The monoisotopic (exact) mass is 422 g/mol. The molecule has 0 aliphatic carbocycles. The highest BCUT2D eigenvalue weighted by Crippen LogP contribution is 2.28. The van der Waals surface area contributed by atoms with Crippen LogP contribution in [-0.4, -0.2) is 63.9 Å². The summed E-state index contributed by atoms with van der Waals surface area (Å²) in [6.07, 6.45) is 0.167. The molecule has 1 amide bonds. The topological polar surface area (TPSA) is 76.2 Å². The number of methoxy groups -OCH3 is 2. The van der Waals surface area contributed by atoms with Crippen LogP contribution in [0.15, 0.2) is 47.4 Å². The molecule has 1 fully saturated rings. The Hall–Kier alpha value is -2.65. The van der Waals surface area contributed by atoms with Crippen molar-refractivity contribution in [3.8, 4) is 11.5 Å². The van der Waals surface area contributed by atoms with E-state index in [2.05, 4.69) is 0 Å². The van der Waals surface area contributed by atoms with Crippen molar-refractivity contribution in [2.24, 2.45) is 0 Å². The molecule has 0 bridgehead atoms. The van der Waals surface area contributed by atoms with Gasteiger partial charge in [0.05, 0.1) is 20.6 Å². The molecule has 1 saturated heterocycles. The number of nitrogens with zero attached hydrogens (tertiary/aromatic N) is 2. The zero-order valence-electron chi connectivity index (χ0n) is 16.3. The van der Waals surface area contributed by atoms with Gasteiger partial charge in [-0.1, -0.05) is 18.2 Å². The number of carbonyl (C=O) groups excluding carboxylic acids is 1. The molecule has 156 valence electrons. The minimum atomic E-state index is -3.93. The van der Waals surface area contributed by atoms with E-state index in [4.69, 9.17) is 9.47 Å². The normalized spacial score (nSPS) is 15.2. The summed E-state index contributed by atoms with van der Waals surface area (Å²) < 4.78 is 50.9. The number of amides is 1. The van der Waals surface area contributed by atoms with Gasteiger partial charge in [0.1, 0.15) is 10.7 Å². The second-order valence-corrected chi connectivity index (χ2v) is 8.49. The lowest BCUT2D eigenvalue weighted by molar-refractivity contribution is -0.131. The van der Waals surface area contributed by atoms with Crippen LogP contribution >= 0.6 is 0 Å². The summed E-state index contributed by atoms with van der Waals surface area (Å²) in [7, 11) is -0.862. The quantitative estimate of drug-likeness (QED) is 0.711. The number of sulfonamides is 1. The van der Waals surface area contributed by atoms with Gasteiger partial charge >= 0.3 is 0 Å². The Kier molecular flexibility index (Phi) is 6.39. The average Bonchev–Trinajstić information content (AvgIpc) is 2.73. The van der Waals surface area contributed by atoms with Crippen molar-refractivity contribution in [3.05, 3.63) is 53.8 Å². The predicted molar refractivity (Wildman–Crippen MR) is 105 cm³/mol. The lowest BCUT2D eigenvalue weighted by Gasteiger charge is -2.34. The van der Waals surface area contributed by atoms with Crippen molar-refractivity contribution in [2.75, 3.05) is 40.4 Å². The highest BCUT2D eigenvalue weighted by Gasteiger charge is 2.31. The van der Waals surface area contributed by atoms with Crippen LogP contribution in [0.5, 0.6) is 11.5 Å². The molecule has 9 heteroatoms. The first-order chi connectivity index (χ1) is 13.9. The maximum absolute atomic E-state index is 13.9. The Morgan fingerprint density at radius 3 is 2.28 bits per heavy atom. The van der Waals surface area contributed by atoms with E-state index in [0.29, 0.717) is 11.5 Å². The number of hydrogen-bond donors (Lipinski definition) is 0. The van der Waals surface area contributed by atoms with E-state index in [1.54, 1.807) is 23.1 Å². The molecular weight excluding hydrogens is 399 g/mol. The van der Waals surface area contributed by atoms with Gasteiger partial charge in [-0.3, -0.25) is 4.79 Å². The van der Waals surface area contributed by atoms with Crippen LogP contribution in [0, 0.1) is 5.82 Å². The zero-order valence-corrected chi connectivity index (χ0v) is 17.1. The third-order valence-corrected chi connectivity index (χ3v) is 6.78. The molecule has 0 spiro atoms. The lowest BCUT2D eigenvalue weighted by atomic mass is 10.1. The van der Waals surface area contributed by atoms with E-state index >= 15 is 0 Å². The number of piperazine rings is 1. The number of hydrogen-bond acceptors (Lipinski definition) is 5. The summed E-state index contributed by atoms with van der Waals surface area (Å²) in [6, 6.07) is 10.6. The predicted octanol–water partition coefficient (Wildman–Crippen LogP) is 1.92. The number of rotatable bonds is 6. The van der Waals surface area contributed by atoms with Crippen molar-refractivity contribution in [2.45, 2.75) is 11.3 Å². The van der Waals surface area contributed by atoms with E-state index < -0.39 is 15.8 Å². The first-order valence-electron chi connectivity index (χ1n) is 9.10. The van der Waals surface area contributed by atoms with Gasteiger partial charge in [-0.15, -0.1) is 0 Å². The summed E-state index contributed by atoms with van der Waals surface area (Å²) in [5, 5.41) is 0. The molecule has 7 nitrogen and oxygen atoms in total. The Morgan fingerprint density at radius 1 is 1.00 bits per heavy atom. The molecular formula is C20H23FN2O5S. The molecule has 29 heavy (non-hydrogen) atoms. The van der Waals surface area contributed by atoms with Crippen molar-refractivity contribution >= 4 is 15.9 Å². The maximum atomic E-state index is 13.9. The lowest BCUT2D eigenvalue weighted by Crippen LogP contribution is -2.51. The summed E-state index contributed by atoms with van der Waals surface area (Å²) in [5.74, 6) is 0.230. The fourth-order valence-corrected chi connectivity index (χ4v) is 4.74. The minimum absolute atomic E-state index is 0.111. The first-order valence-corrected chi connectivity index (χ1v) is 10.5. The van der Waals surface area contributed by atoms with Crippen molar-refractivity contribution < 1.29 is 27.1 Å². The molecule has 3 rings (SSSR count). The molecule has 1 aliphatic rings. The molecule has 0 aromatic heterocycles. The minimum Gasteiger partial charge on any atom is -0.493 e. The Morgan fingerprint density at radius 2 is 1.66 bits per heavy atom. The highest BCUT2D eigenvalue weighted by atomic mass is 32.2. The standard InChI is InChI=1S/C20H23FN2O5S/c1-27-17-8-7-15(13-18(17)28-2)14-20(24)22-9-11-23(12-10-22)29(25,26)19-6-4-3-5-16(19)21/h3-8,13H,9-12,14H2,1-2H3. The van der Waals surface area contributed by atoms with Crippen LogP contribution in [0.3, 0.4) is 0 Å². The molecule has 0 atom stereocenters. The van der Waals surface area contributed by atoms with E-state index in [1.165, 1.54) is 36.7 Å². The van der Waals surface area contributed by atoms with Gasteiger partial charge in [-0.2, -0.15) is 4.31 Å². The molecule has 0 unspecified atom stereocenters. The second-order valence-electron chi connectivity index (χ2n) is 6.58. The number of carbonyl (C=O) groups is 1. The second kappa shape index (κ2) is 8.79. The molecule has 0 radical (unpaired) electrons. The summed E-state index contributed by atoms with van der Waals surface area (Å²) in [5.41, 5.74) is 0.772. The van der Waals surface area contributed by atoms with Crippen LogP contribution in [0.4, 0.5) is 4.39 Å². The van der Waals surface area contributed by atoms with E-state index in [9.17, 15) is 17.6 Å². The third-order valence-electron chi connectivity index (χ3n) is 4.85. The van der Waals surface area contributed by atoms with Gasteiger partial charge < -0.3 is 14.4 Å². The van der Waals surface area contributed by atoms with E-state index in [1.807, 2.05) is 0 Å². The molecule has 1 aliphatic heterocycles. The van der Waals surface area contributed by atoms with Gasteiger partial charge in [0.25, 0.3) is 0 Å². The summed E-state index contributed by atoms with van der Waals surface area (Å²) in [4.78, 5) is 13.9. The molecule has 1 heterocycles. The smallest absolute Gasteiger partial charge is 0.246 e. The summed E-state index contributed by atoms with van der Waals surface area (Å²) >= 11 is 0. The number of benzene rings is 2. The third kappa shape index (κ3) is 4.51. The fourth-order valence-electron chi connectivity index (χ4n) is 3.25. The van der Waals surface area contributed by atoms with Gasteiger partial charge in [0.2, 0.25) is 15.9 Å². The first kappa shape index (κ1) is 21.1. The average molecular weight is 422 g/mol. The van der Waals surface area contributed by atoms with Gasteiger partial charge in [-0.25, -0.2) is 12.8 Å². The van der Waals surface area contributed by atoms with Crippen molar-refractivity contribution in [1.29, 1.82) is 0 Å². The fraction of sp³-hybridized carbons (Fsp3) is 0.350. The Labute approximate surface area is 169 Å². The van der Waals surface area contributed by atoms with Crippen LogP contribution in [-0.2, 0) is 21.2 Å². The zero-order chi connectivity index (χ0) is 21.0. The molecule has 2 aromatic rings. The Balaban J connectivity index is 1.63. The van der Waals surface area contributed by atoms with Crippen LogP contribution < -0.4 is 9.47 Å². The molecule has 2 aromatic carbocycles. The molecule has 0 N–H and O–H groups in total. The largest absolute Gasteiger partial charge is 0.493 e. The van der Waals surface area contributed by atoms with Crippen LogP contribution in [0.1, 0.15) is 5.56 Å². The summed E-state index contributed by atoms with van der Waals surface area (Å²) in [6.45, 7) is 0.738. The maximum Gasteiger partial charge on any atom is 0.246 e.